The number of hydrogen-bond donors (Lipinski definition) is 2. The van der Waals surface area contributed by atoms with Crippen molar-refractivity contribution in [3.63, 3.8) is 0 Å². The van der Waals surface area contributed by atoms with Crippen LogP contribution < -0.4 is 4.74 Å². The van der Waals surface area contributed by atoms with E-state index in [0.29, 0.717) is 16.9 Å². The predicted octanol–water partition coefficient (Wildman–Crippen LogP) is 2.56. The van der Waals surface area contributed by atoms with Crippen molar-refractivity contribution >= 4 is 0 Å². The molecule has 0 amide bonds. The molecule has 2 aromatic heterocycles. The number of pyridine rings is 1. The summed E-state index contributed by atoms with van der Waals surface area (Å²) in [7, 11) is 1.57. The molecule has 21 heavy (non-hydrogen) atoms. The lowest BCUT2D eigenvalue weighted by Gasteiger charge is -2.12. The minimum absolute atomic E-state index is 0.608. The van der Waals surface area contributed by atoms with Gasteiger partial charge in [-0.2, -0.15) is 5.10 Å². The molecule has 3 rings (SSSR count). The first-order chi connectivity index (χ1) is 10.3. The van der Waals surface area contributed by atoms with Crippen LogP contribution in [0.3, 0.4) is 0 Å². The number of rotatable bonds is 4. The van der Waals surface area contributed by atoms with Gasteiger partial charge in [0.05, 0.1) is 25.2 Å². The van der Waals surface area contributed by atoms with Gasteiger partial charge in [0.1, 0.15) is 11.9 Å². The summed E-state index contributed by atoms with van der Waals surface area (Å²) in [6.45, 7) is 0. The molecule has 0 aliphatic rings. The van der Waals surface area contributed by atoms with Crippen LogP contribution in [0.2, 0.25) is 0 Å². The number of benzene rings is 1. The molecule has 0 radical (unpaired) electrons. The first-order valence-corrected chi connectivity index (χ1v) is 6.55. The zero-order valence-corrected chi connectivity index (χ0v) is 11.5. The molecule has 2 heterocycles. The highest BCUT2D eigenvalue weighted by molar-refractivity contribution is 5.63. The van der Waals surface area contributed by atoms with Gasteiger partial charge in [0.2, 0.25) is 0 Å². The van der Waals surface area contributed by atoms with E-state index in [0.717, 1.165) is 11.3 Å². The Balaban J connectivity index is 1.99. The molecule has 0 bridgehead atoms. The summed E-state index contributed by atoms with van der Waals surface area (Å²) in [4.78, 5) is 4.07. The molecule has 0 aliphatic carbocycles. The van der Waals surface area contributed by atoms with Crippen molar-refractivity contribution in [2.24, 2.45) is 0 Å². The highest BCUT2D eigenvalue weighted by Gasteiger charge is 2.18. The summed E-state index contributed by atoms with van der Waals surface area (Å²) in [6, 6.07) is 11.5. The van der Waals surface area contributed by atoms with Crippen molar-refractivity contribution in [3.05, 3.63) is 66.1 Å². The maximum absolute atomic E-state index is 10.6. The summed E-state index contributed by atoms with van der Waals surface area (Å²) in [5.41, 5.74) is 3.13. The van der Waals surface area contributed by atoms with E-state index in [1.54, 1.807) is 31.8 Å². The van der Waals surface area contributed by atoms with Crippen molar-refractivity contribution in [2.75, 3.05) is 7.11 Å². The summed E-state index contributed by atoms with van der Waals surface area (Å²) in [5.74, 6) is 0.608. The number of nitrogens with zero attached hydrogens (tertiary/aromatic N) is 2. The minimum atomic E-state index is -0.818. The highest BCUT2D eigenvalue weighted by Crippen LogP contribution is 2.30. The number of aromatic nitrogens is 3. The van der Waals surface area contributed by atoms with Crippen LogP contribution in [0.25, 0.3) is 11.3 Å². The smallest absolute Gasteiger partial charge is 0.137 e. The quantitative estimate of drug-likeness (QED) is 0.771. The number of aromatic amines is 1. The summed E-state index contributed by atoms with van der Waals surface area (Å²) < 4.78 is 5.14. The molecule has 0 saturated carbocycles. The van der Waals surface area contributed by atoms with Crippen LogP contribution in [0, 0.1) is 0 Å². The fraction of sp³-hybridized carbons (Fsp3) is 0.125. The molecular weight excluding hydrogens is 266 g/mol. The summed E-state index contributed by atoms with van der Waals surface area (Å²) in [6.07, 6.45) is 4.03. The fourth-order valence-electron chi connectivity index (χ4n) is 2.22. The highest BCUT2D eigenvalue weighted by atomic mass is 16.5. The number of ether oxygens (including phenoxy) is 1. The fourth-order valence-corrected chi connectivity index (χ4v) is 2.22. The van der Waals surface area contributed by atoms with Crippen molar-refractivity contribution in [1.29, 1.82) is 0 Å². The van der Waals surface area contributed by atoms with Gasteiger partial charge >= 0.3 is 0 Å². The number of nitrogens with one attached hydrogen (secondary N) is 1. The number of aliphatic hydroxyl groups excluding tert-OH is 1. The summed E-state index contributed by atoms with van der Waals surface area (Å²) in [5, 5.41) is 17.6. The molecule has 0 fully saturated rings. The second-order valence-electron chi connectivity index (χ2n) is 4.63. The average molecular weight is 281 g/mol. The second-order valence-corrected chi connectivity index (χ2v) is 4.63. The van der Waals surface area contributed by atoms with Crippen molar-refractivity contribution in [1.82, 2.24) is 15.2 Å². The standard InChI is InChI=1S/C16H15N3O2/c1-21-13-7-12(8-17-9-13)16(20)14-10-18-19-15(14)11-5-3-2-4-6-11/h2-10,16,20H,1H3,(H,18,19). The Labute approximate surface area is 122 Å². The van der Waals surface area contributed by atoms with Gasteiger partial charge in [0.25, 0.3) is 0 Å². The Kier molecular flexibility index (Phi) is 3.66. The third-order valence-electron chi connectivity index (χ3n) is 3.31. The number of aliphatic hydroxyl groups is 1. The zero-order chi connectivity index (χ0) is 14.7. The SMILES string of the molecule is COc1cncc(C(O)c2cn[nH]c2-c2ccccc2)c1. The average Bonchev–Trinajstić information content (AvgIpc) is 3.04. The number of H-pyrrole nitrogens is 1. The largest absolute Gasteiger partial charge is 0.495 e. The molecule has 5 heteroatoms. The van der Waals surface area contributed by atoms with Gasteiger partial charge in [-0.3, -0.25) is 10.1 Å². The van der Waals surface area contributed by atoms with Gasteiger partial charge in [-0.1, -0.05) is 30.3 Å². The zero-order valence-electron chi connectivity index (χ0n) is 11.5. The van der Waals surface area contributed by atoms with Crippen molar-refractivity contribution in [2.45, 2.75) is 6.10 Å². The molecule has 2 N–H and O–H groups in total. The minimum Gasteiger partial charge on any atom is -0.495 e. The Morgan fingerprint density at radius 2 is 1.95 bits per heavy atom. The van der Waals surface area contributed by atoms with Crippen LogP contribution >= 0.6 is 0 Å². The van der Waals surface area contributed by atoms with Crippen LogP contribution in [0.4, 0.5) is 0 Å². The van der Waals surface area contributed by atoms with Crippen LogP contribution in [-0.2, 0) is 0 Å². The van der Waals surface area contributed by atoms with Crippen LogP contribution in [0.5, 0.6) is 5.75 Å². The molecular formula is C16H15N3O2. The third-order valence-corrected chi connectivity index (χ3v) is 3.31. The molecule has 0 aliphatic heterocycles. The molecule has 5 nitrogen and oxygen atoms in total. The van der Waals surface area contributed by atoms with Crippen molar-refractivity contribution in [3.8, 4) is 17.0 Å². The van der Waals surface area contributed by atoms with Gasteiger partial charge in [-0.25, -0.2) is 0 Å². The molecule has 1 aromatic carbocycles. The number of hydrogen-bond acceptors (Lipinski definition) is 4. The normalized spacial score (nSPS) is 12.1. The first kappa shape index (κ1) is 13.3. The lowest BCUT2D eigenvalue weighted by Crippen LogP contribution is -2.01. The molecule has 106 valence electrons. The molecule has 0 saturated heterocycles. The topological polar surface area (TPSA) is 71.0 Å². The summed E-state index contributed by atoms with van der Waals surface area (Å²) >= 11 is 0. The Bertz CT molecular complexity index is 725. The lowest BCUT2D eigenvalue weighted by molar-refractivity contribution is 0.220. The van der Waals surface area contributed by atoms with Crippen molar-refractivity contribution < 1.29 is 9.84 Å². The Morgan fingerprint density at radius 3 is 2.71 bits per heavy atom. The molecule has 1 atom stereocenters. The van der Waals surface area contributed by atoms with E-state index in [1.807, 2.05) is 30.3 Å². The van der Waals surface area contributed by atoms with E-state index in [4.69, 9.17) is 4.74 Å². The monoisotopic (exact) mass is 281 g/mol. The molecule has 3 aromatic rings. The predicted molar refractivity (Wildman–Crippen MR) is 78.9 cm³/mol. The van der Waals surface area contributed by atoms with E-state index >= 15 is 0 Å². The van der Waals surface area contributed by atoms with E-state index in [9.17, 15) is 5.11 Å². The Hall–Kier alpha value is -2.66. The van der Waals surface area contributed by atoms with E-state index < -0.39 is 6.10 Å². The Morgan fingerprint density at radius 1 is 1.14 bits per heavy atom. The van der Waals surface area contributed by atoms with Crippen LogP contribution in [0.15, 0.2) is 55.0 Å². The van der Waals surface area contributed by atoms with E-state index in [1.165, 1.54) is 0 Å². The number of methoxy groups -OCH3 is 1. The molecule has 0 spiro atoms. The maximum Gasteiger partial charge on any atom is 0.137 e. The van der Waals surface area contributed by atoms with Gasteiger partial charge in [0.15, 0.2) is 0 Å². The van der Waals surface area contributed by atoms with E-state index in [-0.39, 0.29) is 0 Å². The second kappa shape index (κ2) is 5.76. The first-order valence-electron chi connectivity index (χ1n) is 6.55. The third kappa shape index (κ3) is 2.64. The van der Waals surface area contributed by atoms with Gasteiger partial charge in [-0.15, -0.1) is 0 Å². The van der Waals surface area contributed by atoms with Crippen LogP contribution in [-0.4, -0.2) is 27.4 Å². The van der Waals surface area contributed by atoms with Gasteiger partial charge in [0, 0.05) is 17.3 Å². The maximum atomic E-state index is 10.6. The van der Waals surface area contributed by atoms with Gasteiger partial charge in [-0.05, 0) is 11.6 Å². The lowest BCUT2D eigenvalue weighted by atomic mass is 10.00. The molecule has 1 unspecified atom stereocenters. The van der Waals surface area contributed by atoms with Gasteiger partial charge < -0.3 is 9.84 Å². The van der Waals surface area contributed by atoms with Crippen LogP contribution in [0.1, 0.15) is 17.2 Å². The van der Waals surface area contributed by atoms with E-state index in [2.05, 4.69) is 15.2 Å².